The van der Waals surface area contributed by atoms with E-state index in [1.807, 2.05) is 12.1 Å². The first-order valence-corrected chi connectivity index (χ1v) is 12.7. The Kier molecular flexibility index (Phi) is 7.23. The van der Waals surface area contributed by atoms with Crippen LogP contribution < -0.4 is 5.32 Å². The summed E-state index contributed by atoms with van der Waals surface area (Å²) in [7, 11) is -3.46. The maximum Gasteiger partial charge on any atom is 0.306 e. The topological polar surface area (TPSA) is 106 Å². The van der Waals surface area contributed by atoms with E-state index in [0.29, 0.717) is 25.2 Å². The third-order valence-electron chi connectivity index (χ3n) is 5.82. The highest BCUT2D eigenvalue weighted by Crippen LogP contribution is 2.23. The molecule has 1 unspecified atom stereocenters. The van der Waals surface area contributed by atoms with Gasteiger partial charge in [-0.25, -0.2) is 8.42 Å². The van der Waals surface area contributed by atoms with Crippen molar-refractivity contribution in [1.29, 1.82) is 0 Å². The normalized spacial score (nSPS) is 15.2. The summed E-state index contributed by atoms with van der Waals surface area (Å²) in [6.45, 7) is 2.63. The fourth-order valence-corrected chi connectivity index (χ4v) is 5.43. The lowest BCUT2D eigenvalue weighted by Gasteiger charge is -2.16. The zero-order valence-electron chi connectivity index (χ0n) is 18.9. The molecule has 0 spiro atoms. The fourth-order valence-electron chi connectivity index (χ4n) is 3.91. The average molecular weight is 482 g/mol. The molecule has 0 saturated carbocycles. The number of anilines is 1. The van der Waals surface area contributed by atoms with Crippen LogP contribution in [0.1, 0.15) is 31.7 Å². The van der Waals surface area contributed by atoms with E-state index in [9.17, 15) is 18.0 Å². The van der Waals surface area contributed by atoms with Gasteiger partial charge >= 0.3 is 5.97 Å². The van der Waals surface area contributed by atoms with Crippen LogP contribution in [0.2, 0.25) is 0 Å². The first-order chi connectivity index (χ1) is 16.3. The van der Waals surface area contributed by atoms with Crippen LogP contribution in [0, 0.1) is 0 Å². The van der Waals surface area contributed by atoms with E-state index in [0.717, 1.165) is 29.3 Å². The fraction of sp³-hybridized carbons (Fsp3) is 0.320. The van der Waals surface area contributed by atoms with Gasteiger partial charge in [-0.05, 0) is 68.1 Å². The number of aromatic nitrogens is 1. The number of carbonyl (C=O) groups is 2. The van der Waals surface area contributed by atoms with Gasteiger partial charge in [0, 0.05) is 31.1 Å². The second-order valence-electron chi connectivity index (χ2n) is 8.25. The molecule has 2 heterocycles. The number of benzene rings is 2. The van der Waals surface area contributed by atoms with E-state index < -0.39 is 28.0 Å². The highest BCUT2D eigenvalue weighted by Gasteiger charge is 2.27. The van der Waals surface area contributed by atoms with Crippen LogP contribution in [0.25, 0.3) is 10.9 Å². The zero-order valence-corrected chi connectivity index (χ0v) is 19.8. The summed E-state index contributed by atoms with van der Waals surface area (Å²) in [5.41, 5.74) is 2.17. The number of nitrogens with zero attached hydrogens (tertiary/aromatic N) is 2. The monoisotopic (exact) mass is 481 g/mol. The third kappa shape index (κ3) is 5.43. The van der Waals surface area contributed by atoms with Gasteiger partial charge in [0.25, 0.3) is 5.91 Å². The lowest BCUT2D eigenvalue weighted by Crippen LogP contribution is -2.30. The molecule has 8 nitrogen and oxygen atoms in total. The van der Waals surface area contributed by atoms with Gasteiger partial charge in [-0.1, -0.05) is 18.2 Å². The number of hydrogen-bond donors (Lipinski definition) is 1. The molecule has 2 aromatic carbocycles. The van der Waals surface area contributed by atoms with E-state index in [-0.39, 0.29) is 11.3 Å². The lowest BCUT2D eigenvalue weighted by molar-refractivity contribution is -0.153. The third-order valence-corrected chi connectivity index (χ3v) is 7.74. The van der Waals surface area contributed by atoms with E-state index in [4.69, 9.17) is 4.74 Å². The minimum atomic E-state index is -3.46. The van der Waals surface area contributed by atoms with Gasteiger partial charge in [-0.15, -0.1) is 0 Å². The van der Waals surface area contributed by atoms with Crippen LogP contribution in [0.3, 0.4) is 0 Å². The molecule has 1 fully saturated rings. The molecule has 1 aliphatic heterocycles. The quantitative estimate of drug-likeness (QED) is 0.494. The number of amides is 1. The molecule has 0 aliphatic carbocycles. The van der Waals surface area contributed by atoms with Gasteiger partial charge < -0.3 is 10.1 Å². The number of pyridine rings is 1. The molecule has 1 aliphatic rings. The predicted molar refractivity (Wildman–Crippen MR) is 129 cm³/mol. The largest absolute Gasteiger partial charge is 0.453 e. The highest BCUT2D eigenvalue weighted by atomic mass is 32.2. The number of aryl methyl sites for hydroxylation is 1. The molecule has 3 aromatic rings. The summed E-state index contributed by atoms with van der Waals surface area (Å²) in [5, 5.41) is 3.59. The van der Waals surface area contributed by atoms with Crippen molar-refractivity contribution in [2.75, 3.05) is 18.4 Å². The summed E-state index contributed by atoms with van der Waals surface area (Å²) in [6, 6.07) is 15.6. The number of rotatable bonds is 8. The van der Waals surface area contributed by atoms with Crippen molar-refractivity contribution in [3.63, 3.8) is 0 Å². The van der Waals surface area contributed by atoms with Gasteiger partial charge in [0.05, 0.1) is 16.1 Å². The standard InChI is InChI=1S/C25H27N3O5S/c1-18(25(30)27-23-8-4-7-22-21(23)6-5-15-26-22)33-24(29)14-11-19-9-12-20(13-10-19)34(31,32)28-16-2-3-17-28/h4-10,12-13,15,18H,2-3,11,14,16-17H2,1H3,(H,27,30). The van der Waals surface area contributed by atoms with Crippen molar-refractivity contribution in [3.8, 4) is 0 Å². The van der Waals surface area contributed by atoms with Crippen LogP contribution in [-0.4, -0.2) is 48.8 Å². The molecule has 0 radical (unpaired) electrons. The second kappa shape index (κ2) is 10.3. The zero-order chi connectivity index (χ0) is 24.1. The Morgan fingerprint density at radius 1 is 1.06 bits per heavy atom. The molecule has 1 N–H and O–H groups in total. The van der Waals surface area contributed by atoms with Gasteiger partial charge in [0.1, 0.15) is 0 Å². The Morgan fingerprint density at radius 2 is 1.79 bits per heavy atom. The Hall–Kier alpha value is -3.30. The van der Waals surface area contributed by atoms with E-state index in [1.165, 1.54) is 11.2 Å². The molecule has 1 amide bonds. The summed E-state index contributed by atoms with van der Waals surface area (Å²) >= 11 is 0. The maximum atomic E-state index is 12.6. The van der Waals surface area contributed by atoms with Crippen molar-refractivity contribution in [1.82, 2.24) is 9.29 Å². The molecular formula is C25H27N3O5S. The van der Waals surface area contributed by atoms with Crippen LogP contribution in [0.15, 0.2) is 65.7 Å². The van der Waals surface area contributed by atoms with Crippen molar-refractivity contribution in [2.24, 2.45) is 0 Å². The Balaban J connectivity index is 1.29. The molecule has 1 aromatic heterocycles. The summed E-state index contributed by atoms with van der Waals surface area (Å²) < 4.78 is 32.0. The number of carbonyl (C=O) groups excluding carboxylic acids is 2. The van der Waals surface area contributed by atoms with E-state index >= 15 is 0 Å². The van der Waals surface area contributed by atoms with Crippen LogP contribution in [0.5, 0.6) is 0 Å². The number of hydrogen-bond acceptors (Lipinski definition) is 6. The number of ether oxygens (including phenoxy) is 1. The van der Waals surface area contributed by atoms with Gasteiger partial charge in [-0.2, -0.15) is 4.31 Å². The van der Waals surface area contributed by atoms with Gasteiger partial charge in [0.15, 0.2) is 6.10 Å². The first-order valence-electron chi connectivity index (χ1n) is 11.3. The molecular weight excluding hydrogens is 454 g/mol. The van der Waals surface area contributed by atoms with Crippen LogP contribution in [0.4, 0.5) is 5.69 Å². The first kappa shape index (κ1) is 23.8. The van der Waals surface area contributed by atoms with Gasteiger partial charge in [-0.3, -0.25) is 14.6 Å². The van der Waals surface area contributed by atoms with Crippen molar-refractivity contribution in [2.45, 2.75) is 43.6 Å². The number of sulfonamides is 1. The Labute approximate surface area is 199 Å². The molecule has 1 saturated heterocycles. The summed E-state index contributed by atoms with van der Waals surface area (Å²) in [6.07, 6.45) is 2.94. The average Bonchev–Trinajstić information content (AvgIpc) is 3.39. The van der Waals surface area contributed by atoms with E-state index in [2.05, 4.69) is 10.3 Å². The minimum absolute atomic E-state index is 0.0774. The van der Waals surface area contributed by atoms with Crippen molar-refractivity contribution >= 4 is 38.5 Å². The molecule has 178 valence electrons. The predicted octanol–water partition coefficient (Wildman–Crippen LogP) is 3.52. The smallest absolute Gasteiger partial charge is 0.306 e. The van der Waals surface area contributed by atoms with Crippen molar-refractivity contribution in [3.05, 3.63) is 66.4 Å². The summed E-state index contributed by atoms with van der Waals surface area (Å²) in [5.74, 6) is -0.933. The lowest BCUT2D eigenvalue weighted by atomic mass is 10.1. The Bertz CT molecular complexity index is 1280. The molecule has 1 atom stereocenters. The van der Waals surface area contributed by atoms with Crippen molar-refractivity contribution < 1.29 is 22.7 Å². The molecule has 0 bridgehead atoms. The second-order valence-corrected chi connectivity index (χ2v) is 10.2. The van der Waals surface area contributed by atoms with Gasteiger partial charge in [0.2, 0.25) is 10.0 Å². The Morgan fingerprint density at radius 3 is 2.53 bits per heavy atom. The van der Waals surface area contributed by atoms with E-state index in [1.54, 1.807) is 48.7 Å². The maximum absolute atomic E-state index is 12.6. The highest BCUT2D eigenvalue weighted by molar-refractivity contribution is 7.89. The summed E-state index contributed by atoms with van der Waals surface area (Å²) in [4.78, 5) is 29.3. The molecule has 34 heavy (non-hydrogen) atoms. The van der Waals surface area contributed by atoms with Crippen LogP contribution in [-0.2, 0) is 30.8 Å². The number of esters is 1. The molecule has 4 rings (SSSR count). The SMILES string of the molecule is CC(OC(=O)CCc1ccc(S(=O)(=O)N2CCCC2)cc1)C(=O)Nc1cccc2ncccc12. The van der Waals surface area contributed by atoms with Crippen LogP contribution >= 0.6 is 0 Å². The number of nitrogens with one attached hydrogen (secondary N) is 1. The molecule has 9 heteroatoms. The number of fused-ring (bicyclic) bond motifs is 1. The minimum Gasteiger partial charge on any atom is -0.453 e.